The molecule has 0 unspecified atom stereocenters. The Hall–Kier alpha value is -1.62. The average molecular weight is 294 g/mol. The standard InChI is InChI=1S/C12H12BrN3O/c1-2-15-12-6-10(3-4-16-12)17-11-5-9(13)7-14-8-11/h3-8H,2H2,1H3,(H,15,16). The summed E-state index contributed by atoms with van der Waals surface area (Å²) < 4.78 is 6.56. The highest BCUT2D eigenvalue weighted by molar-refractivity contribution is 9.10. The zero-order valence-electron chi connectivity index (χ0n) is 9.35. The predicted octanol–water partition coefficient (Wildman–Crippen LogP) is 3.46. The fourth-order valence-corrected chi connectivity index (χ4v) is 1.68. The molecule has 0 spiro atoms. The molecule has 2 rings (SSSR count). The van der Waals surface area contributed by atoms with E-state index in [1.807, 2.05) is 25.1 Å². The summed E-state index contributed by atoms with van der Waals surface area (Å²) in [5, 5.41) is 3.13. The first-order valence-electron chi connectivity index (χ1n) is 5.26. The minimum absolute atomic E-state index is 0.688. The number of hydrogen-bond acceptors (Lipinski definition) is 4. The van der Waals surface area contributed by atoms with Crippen molar-refractivity contribution in [2.45, 2.75) is 6.92 Å². The van der Waals surface area contributed by atoms with Crippen molar-refractivity contribution in [3.63, 3.8) is 0 Å². The Morgan fingerprint density at radius 1 is 1.29 bits per heavy atom. The monoisotopic (exact) mass is 293 g/mol. The number of ether oxygens (including phenoxy) is 1. The van der Waals surface area contributed by atoms with E-state index in [2.05, 4.69) is 31.2 Å². The number of halogens is 1. The number of anilines is 1. The van der Waals surface area contributed by atoms with E-state index < -0.39 is 0 Å². The highest BCUT2D eigenvalue weighted by Crippen LogP contribution is 2.24. The second kappa shape index (κ2) is 5.63. The summed E-state index contributed by atoms with van der Waals surface area (Å²) >= 11 is 3.35. The van der Waals surface area contributed by atoms with Crippen LogP contribution < -0.4 is 10.1 Å². The van der Waals surface area contributed by atoms with E-state index in [-0.39, 0.29) is 0 Å². The smallest absolute Gasteiger partial charge is 0.146 e. The van der Waals surface area contributed by atoms with E-state index in [0.29, 0.717) is 5.75 Å². The van der Waals surface area contributed by atoms with Gasteiger partial charge in [0.25, 0.3) is 0 Å². The van der Waals surface area contributed by atoms with Crippen LogP contribution in [0.2, 0.25) is 0 Å². The van der Waals surface area contributed by atoms with Gasteiger partial charge in [0.1, 0.15) is 17.3 Å². The zero-order chi connectivity index (χ0) is 12.1. The Kier molecular flexibility index (Phi) is 3.93. The summed E-state index contributed by atoms with van der Waals surface area (Å²) in [6.45, 7) is 2.85. The third kappa shape index (κ3) is 3.42. The lowest BCUT2D eigenvalue weighted by Gasteiger charge is -2.07. The molecule has 0 atom stereocenters. The van der Waals surface area contributed by atoms with Crippen molar-refractivity contribution < 1.29 is 4.74 Å². The molecule has 0 aliphatic rings. The molecule has 88 valence electrons. The van der Waals surface area contributed by atoms with Gasteiger partial charge in [-0.05, 0) is 35.0 Å². The lowest BCUT2D eigenvalue weighted by molar-refractivity contribution is 0.479. The van der Waals surface area contributed by atoms with Crippen LogP contribution >= 0.6 is 15.9 Å². The number of rotatable bonds is 4. The lowest BCUT2D eigenvalue weighted by Crippen LogP contribution is -1.98. The van der Waals surface area contributed by atoms with Crippen LogP contribution in [-0.4, -0.2) is 16.5 Å². The van der Waals surface area contributed by atoms with Gasteiger partial charge in [-0.2, -0.15) is 0 Å². The maximum Gasteiger partial charge on any atom is 0.146 e. The highest BCUT2D eigenvalue weighted by Gasteiger charge is 2.00. The summed E-state index contributed by atoms with van der Waals surface area (Å²) in [6.07, 6.45) is 5.08. The molecule has 0 amide bonds. The van der Waals surface area contributed by atoms with Crippen LogP contribution in [0, 0.1) is 0 Å². The van der Waals surface area contributed by atoms with Crippen molar-refractivity contribution in [3.05, 3.63) is 41.3 Å². The SMILES string of the molecule is CCNc1cc(Oc2cncc(Br)c2)ccn1. The van der Waals surface area contributed by atoms with Crippen LogP contribution in [0.1, 0.15) is 6.92 Å². The molecular formula is C12H12BrN3O. The van der Waals surface area contributed by atoms with E-state index in [4.69, 9.17) is 4.74 Å². The maximum absolute atomic E-state index is 5.67. The molecule has 2 heterocycles. The van der Waals surface area contributed by atoms with Crippen molar-refractivity contribution in [1.82, 2.24) is 9.97 Å². The summed E-state index contributed by atoms with van der Waals surface area (Å²) in [7, 11) is 0. The van der Waals surface area contributed by atoms with Gasteiger partial charge >= 0.3 is 0 Å². The van der Waals surface area contributed by atoms with Gasteiger partial charge in [-0.1, -0.05) is 0 Å². The van der Waals surface area contributed by atoms with Gasteiger partial charge in [0.15, 0.2) is 0 Å². The quantitative estimate of drug-likeness (QED) is 0.938. The fraction of sp³-hybridized carbons (Fsp3) is 0.167. The van der Waals surface area contributed by atoms with Crippen LogP contribution in [-0.2, 0) is 0 Å². The summed E-state index contributed by atoms with van der Waals surface area (Å²) in [4.78, 5) is 8.21. The molecule has 0 saturated heterocycles. The highest BCUT2D eigenvalue weighted by atomic mass is 79.9. The number of aromatic nitrogens is 2. The summed E-state index contributed by atoms with van der Waals surface area (Å²) in [6, 6.07) is 5.52. The van der Waals surface area contributed by atoms with Gasteiger partial charge in [0, 0.05) is 29.5 Å². The van der Waals surface area contributed by atoms with Crippen LogP contribution in [0.3, 0.4) is 0 Å². The van der Waals surface area contributed by atoms with Crippen molar-refractivity contribution >= 4 is 21.7 Å². The molecule has 5 heteroatoms. The Balaban J connectivity index is 2.15. The molecule has 17 heavy (non-hydrogen) atoms. The molecular weight excluding hydrogens is 282 g/mol. The van der Waals surface area contributed by atoms with Gasteiger partial charge in [0.05, 0.1) is 6.20 Å². The maximum atomic E-state index is 5.67. The van der Waals surface area contributed by atoms with Crippen LogP contribution in [0.25, 0.3) is 0 Å². The first kappa shape index (κ1) is 11.9. The van der Waals surface area contributed by atoms with E-state index in [1.165, 1.54) is 0 Å². The van der Waals surface area contributed by atoms with Crippen molar-refractivity contribution in [3.8, 4) is 11.5 Å². The Labute approximate surface area is 108 Å². The van der Waals surface area contributed by atoms with E-state index in [0.717, 1.165) is 22.6 Å². The largest absolute Gasteiger partial charge is 0.456 e. The number of nitrogens with zero attached hydrogens (tertiary/aromatic N) is 2. The van der Waals surface area contributed by atoms with Crippen LogP contribution in [0.4, 0.5) is 5.82 Å². The fourth-order valence-electron chi connectivity index (χ4n) is 1.34. The minimum Gasteiger partial charge on any atom is -0.456 e. The van der Waals surface area contributed by atoms with Gasteiger partial charge in [0.2, 0.25) is 0 Å². The molecule has 0 saturated carbocycles. The van der Waals surface area contributed by atoms with Gasteiger partial charge < -0.3 is 10.1 Å². The minimum atomic E-state index is 0.688. The summed E-state index contributed by atoms with van der Waals surface area (Å²) in [5.74, 6) is 2.22. The normalized spacial score (nSPS) is 10.0. The number of hydrogen-bond donors (Lipinski definition) is 1. The van der Waals surface area contributed by atoms with Gasteiger partial charge in [-0.3, -0.25) is 4.98 Å². The Morgan fingerprint density at radius 2 is 2.18 bits per heavy atom. The van der Waals surface area contributed by atoms with Crippen LogP contribution in [0.5, 0.6) is 11.5 Å². The lowest BCUT2D eigenvalue weighted by atomic mass is 10.4. The Morgan fingerprint density at radius 3 is 2.94 bits per heavy atom. The van der Waals surface area contributed by atoms with E-state index in [1.54, 1.807) is 18.6 Å². The molecule has 1 N–H and O–H groups in total. The van der Waals surface area contributed by atoms with Crippen molar-refractivity contribution in [2.24, 2.45) is 0 Å². The van der Waals surface area contributed by atoms with Crippen LogP contribution in [0.15, 0.2) is 41.3 Å². The molecule has 0 aromatic carbocycles. The molecule has 0 radical (unpaired) electrons. The molecule has 0 aliphatic carbocycles. The first-order chi connectivity index (χ1) is 8.28. The van der Waals surface area contributed by atoms with Gasteiger partial charge in [-0.15, -0.1) is 0 Å². The molecule has 0 aliphatic heterocycles. The van der Waals surface area contributed by atoms with E-state index >= 15 is 0 Å². The predicted molar refractivity (Wildman–Crippen MR) is 70.4 cm³/mol. The first-order valence-corrected chi connectivity index (χ1v) is 6.05. The molecule has 2 aromatic heterocycles. The van der Waals surface area contributed by atoms with Gasteiger partial charge in [-0.25, -0.2) is 4.98 Å². The zero-order valence-corrected chi connectivity index (χ0v) is 10.9. The average Bonchev–Trinajstić information content (AvgIpc) is 2.30. The molecule has 2 aromatic rings. The Bertz CT molecular complexity index is 505. The number of pyridine rings is 2. The molecule has 0 bridgehead atoms. The van der Waals surface area contributed by atoms with Crippen molar-refractivity contribution in [1.29, 1.82) is 0 Å². The topological polar surface area (TPSA) is 47.0 Å². The molecule has 0 fully saturated rings. The third-order valence-corrected chi connectivity index (χ3v) is 2.44. The van der Waals surface area contributed by atoms with E-state index in [9.17, 15) is 0 Å². The molecule has 4 nitrogen and oxygen atoms in total. The third-order valence-electron chi connectivity index (χ3n) is 2.00. The number of nitrogens with one attached hydrogen (secondary N) is 1. The second-order valence-electron chi connectivity index (χ2n) is 3.35. The summed E-state index contributed by atoms with van der Waals surface area (Å²) in [5.41, 5.74) is 0. The second-order valence-corrected chi connectivity index (χ2v) is 4.26. The van der Waals surface area contributed by atoms with Crippen molar-refractivity contribution in [2.75, 3.05) is 11.9 Å².